The van der Waals surface area contributed by atoms with Gasteiger partial charge in [0, 0.05) is 32.9 Å². The molecule has 0 radical (unpaired) electrons. The average molecular weight is 261 g/mol. The fraction of sp³-hybridized carbons (Fsp3) is 0.533. The molecule has 0 aliphatic carbocycles. The summed E-state index contributed by atoms with van der Waals surface area (Å²) in [6.07, 6.45) is 0. The summed E-state index contributed by atoms with van der Waals surface area (Å²) in [7, 11) is 3.55. The third-order valence-electron chi connectivity index (χ3n) is 3.99. The molecule has 1 aromatic carbocycles. The van der Waals surface area contributed by atoms with E-state index < -0.39 is 0 Å². The minimum atomic E-state index is 0.0298. The molecule has 2 rings (SSSR count). The lowest BCUT2D eigenvalue weighted by molar-refractivity contribution is 0.0828. The number of nitrogens with zero attached hydrogens (tertiary/aromatic N) is 2. The molecule has 2 N–H and O–H groups in total. The molecule has 2 unspecified atom stereocenters. The molecule has 1 aromatic rings. The molecular weight excluding hydrogens is 238 g/mol. The summed E-state index contributed by atoms with van der Waals surface area (Å²) in [5, 5.41) is 0. The number of amides is 1. The van der Waals surface area contributed by atoms with Crippen LogP contribution in [0.15, 0.2) is 18.2 Å². The van der Waals surface area contributed by atoms with Crippen molar-refractivity contribution in [3.63, 3.8) is 0 Å². The summed E-state index contributed by atoms with van der Waals surface area (Å²) < 4.78 is 0. The Kier molecular flexibility index (Phi) is 3.69. The Morgan fingerprint density at radius 3 is 2.37 bits per heavy atom. The maximum absolute atomic E-state index is 12.3. The first-order chi connectivity index (χ1) is 8.90. The number of carbonyl (C=O) groups excluding carboxylic acids is 1. The Labute approximate surface area is 115 Å². The summed E-state index contributed by atoms with van der Waals surface area (Å²) in [6, 6.07) is 5.55. The molecule has 2 atom stereocenters. The van der Waals surface area contributed by atoms with Crippen LogP contribution in [0.5, 0.6) is 0 Å². The largest absolute Gasteiger partial charge is 0.399 e. The van der Waals surface area contributed by atoms with Crippen molar-refractivity contribution in [1.82, 2.24) is 4.90 Å². The Balaban J connectivity index is 2.38. The molecule has 0 bridgehead atoms. The predicted octanol–water partition coefficient (Wildman–Crippen LogP) is 2.06. The van der Waals surface area contributed by atoms with Crippen LogP contribution in [0.3, 0.4) is 0 Å². The van der Waals surface area contributed by atoms with Crippen LogP contribution in [0.1, 0.15) is 24.2 Å². The zero-order chi connectivity index (χ0) is 14.2. The first kappa shape index (κ1) is 13.7. The van der Waals surface area contributed by atoms with Crippen LogP contribution < -0.4 is 10.6 Å². The van der Waals surface area contributed by atoms with Gasteiger partial charge in [0.2, 0.25) is 0 Å². The van der Waals surface area contributed by atoms with E-state index in [0.29, 0.717) is 17.5 Å². The summed E-state index contributed by atoms with van der Waals surface area (Å²) in [5.41, 5.74) is 8.30. The number of carbonyl (C=O) groups is 1. The van der Waals surface area contributed by atoms with E-state index in [1.54, 1.807) is 25.1 Å². The Morgan fingerprint density at radius 2 is 1.84 bits per heavy atom. The van der Waals surface area contributed by atoms with Crippen molar-refractivity contribution in [2.24, 2.45) is 11.8 Å². The number of hydrogen-bond donors (Lipinski definition) is 1. The molecule has 1 aliphatic rings. The van der Waals surface area contributed by atoms with E-state index in [2.05, 4.69) is 18.7 Å². The third-order valence-corrected chi connectivity index (χ3v) is 3.99. The van der Waals surface area contributed by atoms with Gasteiger partial charge in [-0.1, -0.05) is 13.8 Å². The van der Waals surface area contributed by atoms with Gasteiger partial charge in [0.1, 0.15) is 0 Å². The maximum atomic E-state index is 12.3. The number of anilines is 2. The third kappa shape index (κ3) is 2.67. The average Bonchev–Trinajstić information content (AvgIpc) is 2.68. The molecule has 1 saturated heterocycles. The zero-order valence-electron chi connectivity index (χ0n) is 12.2. The lowest BCUT2D eigenvalue weighted by atomic mass is 10.0. The van der Waals surface area contributed by atoms with E-state index in [1.165, 1.54) is 0 Å². The SMILES string of the molecule is CC1CN(c2cc(N)ccc2C(=O)N(C)C)CC1C. The molecule has 104 valence electrons. The summed E-state index contributed by atoms with van der Waals surface area (Å²) in [5.74, 6) is 1.31. The second kappa shape index (κ2) is 5.11. The Morgan fingerprint density at radius 1 is 1.26 bits per heavy atom. The normalized spacial score (nSPS) is 22.6. The Hall–Kier alpha value is -1.71. The predicted molar refractivity (Wildman–Crippen MR) is 79.4 cm³/mol. The highest BCUT2D eigenvalue weighted by molar-refractivity contribution is 6.00. The van der Waals surface area contributed by atoms with Crippen molar-refractivity contribution < 1.29 is 4.79 Å². The molecule has 1 amide bonds. The Bertz CT molecular complexity index is 474. The van der Waals surface area contributed by atoms with Gasteiger partial charge in [0.15, 0.2) is 0 Å². The quantitative estimate of drug-likeness (QED) is 0.829. The molecule has 1 aliphatic heterocycles. The van der Waals surface area contributed by atoms with Crippen molar-refractivity contribution in [2.45, 2.75) is 13.8 Å². The molecular formula is C15H23N3O. The molecule has 4 nitrogen and oxygen atoms in total. The molecule has 1 heterocycles. The highest BCUT2D eigenvalue weighted by Gasteiger charge is 2.29. The highest BCUT2D eigenvalue weighted by Crippen LogP contribution is 2.32. The van der Waals surface area contributed by atoms with Gasteiger partial charge in [0.25, 0.3) is 5.91 Å². The van der Waals surface area contributed by atoms with Crippen LogP contribution in [-0.2, 0) is 0 Å². The van der Waals surface area contributed by atoms with Crippen molar-refractivity contribution in [3.05, 3.63) is 23.8 Å². The molecule has 1 fully saturated rings. The molecule has 0 spiro atoms. The van der Waals surface area contributed by atoms with E-state index in [4.69, 9.17) is 5.73 Å². The minimum absolute atomic E-state index is 0.0298. The lowest BCUT2D eigenvalue weighted by Crippen LogP contribution is -2.27. The zero-order valence-corrected chi connectivity index (χ0v) is 12.2. The van der Waals surface area contributed by atoms with Crippen LogP contribution in [0.2, 0.25) is 0 Å². The number of benzene rings is 1. The monoisotopic (exact) mass is 261 g/mol. The topological polar surface area (TPSA) is 49.6 Å². The second-order valence-electron chi connectivity index (χ2n) is 5.84. The van der Waals surface area contributed by atoms with Crippen molar-refractivity contribution in [3.8, 4) is 0 Å². The maximum Gasteiger partial charge on any atom is 0.255 e. The minimum Gasteiger partial charge on any atom is -0.399 e. The van der Waals surface area contributed by atoms with Crippen molar-refractivity contribution >= 4 is 17.3 Å². The number of hydrogen-bond acceptors (Lipinski definition) is 3. The van der Waals surface area contributed by atoms with Gasteiger partial charge < -0.3 is 15.5 Å². The van der Waals surface area contributed by atoms with Gasteiger partial charge in [-0.15, -0.1) is 0 Å². The first-order valence-electron chi connectivity index (χ1n) is 6.76. The standard InChI is InChI=1S/C15H23N3O/c1-10-8-18(9-11(10)2)14-7-12(16)5-6-13(14)15(19)17(3)4/h5-7,10-11H,8-9,16H2,1-4H3. The summed E-state index contributed by atoms with van der Waals surface area (Å²) >= 11 is 0. The van der Waals surface area contributed by atoms with Gasteiger partial charge in [-0.2, -0.15) is 0 Å². The van der Waals surface area contributed by atoms with Crippen LogP contribution in [-0.4, -0.2) is 38.0 Å². The van der Waals surface area contributed by atoms with Crippen LogP contribution >= 0.6 is 0 Å². The van der Waals surface area contributed by atoms with Crippen LogP contribution in [0.25, 0.3) is 0 Å². The van der Waals surface area contributed by atoms with Crippen molar-refractivity contribution in [1.29, 1.82) is 0 Å². The van der Waals surface area contributed by atoms with Gasteiger partial charge in [-0.3, -0.25) is 4.79 Å². The van der Waals surface area contributed by atoms with Crippen molar-refractivity contribution in [2.75, 3.05) is 37.8 Å². The second-order valence-corrected chi connectivity index (χ2v) is 5.84. The van der Waals surface area contributed by atoms with Gasteiger partial charge in [-0.05, 0) is 30.0 Å². The fourth-order valence-corrected chi connectivity index (χ4v) is 2.56. The number of nitrogens with two attached hydrogens (primary N) is 1. The van der Waals surface area contributed by atoms with Crippen LogP contribution in [0.4, 0.5) is 11.4 Å². The van der Waals surface area contributed by atoms with Gasteiger partial charge in [0.05, 0.1) is 11.3 Å². The van der Waals surface area contributed by atoms with E-state index in [-0.39, 0.29) is 5.91 Å². The number of nitrogen functional groups attached to an aromatic ring is 1. The highest BCUT2D eigenvalue weighted by atomic mass is 16.2. The van der Waals surface area contributed by atoms with Gasteiger partial charge >= 0.3 is 0 Å². The summed E-state index contributed by atoms with van der Waals surface area (Å²) in [6.45, 7) is 6.48. The number of rotatable bonds is 2. The smallest absolute Gasteiger partial charge is 0.255 e. The van der Waals surface area contributed by atoms with E-state index in [0.717, 1.165) is 24.3 Å². The van der Waals surface area contributed by atoms with Gasteiger partial charge in [-0.25, -0.2) is 0 Å². The first-order valence-corrected chi connectivity index (χ1v) is 6.76. The van der Waals surface area contributed by atoms with Crippen LogP contribution in [0, 0.1) is 11.8 Å². The van der Waals surface area contributed by atoms with E-state index in [9.17, 15) is 4.79 Å². The molecule has 0 aromatic heterocycles. The molecule has 19 heavy (non-hydrogen) atoms. The fourth-order valence-electron chi connectivity index (χ4n) is 2.56. The molecule has 4 heteroatoms. The summed E-state index contributed by atoms with van der Waals surface area (Å²) in [4.78, 5) is 16.1. The van der Waals surface area contributed by atoms with E-state index in [1.807, 2.05) is 12.1 Å². The van der Waals surface area contributed by atoms with E-state index >= 15 is 0 Å². The molecule has 0 saturated carbocycles. The lowest BCUT2D eigenvalue weighted by Gasteiger charge is -2.23.